The second kappa shape index (κ2) is 7.06. The van der Waals surface area contributed by atoms with Crippen molar-refractivity contribution in [1.29, 1.82) is 0 Å². The van der Waals surface area contributed by atoms with Crippen molar-refractivity contribution in [2.24, 2.45) is 5.92 Å². The first-order valence-electron chi connectivity index (χ1n) is 9.03. The van der Waals surface area contributed by atoms with Gasteiger partial charge in [0.25, 0.3) is 0 Å². The number of aryl methyl sites for hydroxylation is 1. The summed E-state index contributed by atoms with van der Waals surface area (Å²) in [5.41, 5.74) is 3.81. The van der Waals surface area contributed by atoms with Crippen LogP contribution >= 0.6 is 0 Å². The molecule has 3 nitrogen and oxygen atoms in total. The van der Waals surface area contributed by atoms with Crippen molar-refractivity contribution in [1.82, 2.24) is 9.88 Å². The summed E-state index contributed by atoms with van der Waals surface area (Å²) >= 11 is 0. The second-order valence-corrected chi connectivity index (χ2v) is 7.27. The van der Waals surface area contributed by atoms with Gasteiger partial charge in [-0.2, -0.15) is 0 Å². The zero-order chi connectivity index (χ0) is 16.4. The molecule has 2 N–H and O–H groups in total. The Kier molecular flexibility index (Phi) is 5.08. The van der Waals surface area contributed by atoms with E-state index in [2.05, 4.69) is 54.9 Å². The maximum Gasteiger partial charge on any atom is 0.0843 e. The van der Waals surface area contributed by atoms with Crippen molar-refractivity contribution in [2.45, 2.75) is 65.1 Å². The molecular weight excluding hydrogens is 284 g/mol. The van der Waals surface area contributed by atoms with Gasteiger partial charge in [-0.05, 0) is 44.2 Å². The highest BCUT2D eigenvalue weighted by atomic mass is 16.3. The number of rotatable bonds is 5. The van der Waals surface area contributed by atoms with Gasteiger partial charge in [-0.15, -0.1) is 0 Å². The molecule has 3 atom stereocenters. The number of nitrogens with zero attached hydrogens (tertiary/aromatic N) is 1. The van der Waals surface area contributed by atoms with Crippen molar-refractivity contribution in [3.8, 4) is 0 Å². The van der Waals surface area contributed by atoms with Crippen LogP contribution < -0.4 is 5.32 Å². The highest BCUT2D eigenvalue weighted by molar-refractivity contribution is 5.85. The molecule has 1 aliphatic rings. The van der Waals surface area contributed by atoms with E-state index in [-0.39, 0.29) is 6.10 Å². The summed E-state index contributed by atoms with van der Waals surface area (Å²) in [7, 11) is 0. The molecule has 23 heavy (non-hydrogen) atoms. The Morgan fingerprint density at radius 3 is 2.74 bits per heavy atom. The quantitative estimate of drug-likeness (QED) is 0.881. The van der Waals surface area contributed by atoms with Gasteiger partial charge < -0.3 is 15.0 Å². The van der Waals surface area contributed by atoms with E-state index in [1.807, 2.05) is 0 Å². The van der Waals surface area contributed by atoms with E-state index in [1.54, 1.807) is 0 Å². The van der Waals surface area contributed by atoms with Gasteiger partial charge in [0.1, 0.15) is 0 Å². The molecule has 1 aromatic heterocycles. The fourth-order valence-corrected chi connectivity index (χ4v) is 4.02. The van der Waals surface area contributed by atoms with Crippen molar-refractivity contribution in [3.63, 3.8) is 0 Å². The minimum absolute atomic E-state index is 0.349. The number of fused-ring (bicyclic) bond motifs is 1. The van der Waals surface area contributed by atoms with Crippen LogP contribution in [0.3, 0.4) is 0 Å². The van der Waals surface area contributed by atoms with Gasteiger partial charge in [0.2, 0.25) is 0 Å². The van der Waals surface area contributed by atoms with Crippen LogP contribution in [0.2, 0.25) is 0 Å². The summed E-state index contributed by atoms with van der Waals surface area (Å²) in [5, 5.41) is 15.4. The van der Waals surface area contributed by atoms with Crippen molar-refractivity contribution in [3.05, 3.63) is 35.5 Å². The van der Waals surface area contributed by atoms with Gasteiger partial charge in [-0.3, -0.25) is 0 Å². The average molecular weight is 314 g/mol. The Labute approximate surface area is 139 Å². The van der Waals surface area contributed by atoms with Crippen LogP contribution in [-0.2, 0) is 6.54 Å². The van der Waals surface area contributed by atoms with Gasteiger partial charge in [-0.1, -0.05) is 38.0 Å². The lowest BCUT2D eigenvalue weighted by atomic mass is 9.86. The van der Waals surface area contributed by atoms with Crippen LogP contribution in [0.15, 0.2) is 24.3 Å². The molecule has 1 fully saturated rings. The third-order valence-electron chi connectivity index (χ3n) is 5.67. The molecule has 1 aromatic carbocycles. The molecule has 0 bridgehead atoms. The Morgan fingerprint density at radius 1 is 1.22 bits per heavy atom. The van der Waals surface area contributed by atoms with Crippen LogP contribution in [0.25, 0.3) is 10.9 Å². The Morgan fingerprint density at radius 2 is 1.96 bits per heavy atom. The van der Waals surface area contributed by atoms with Gasteiger partial charge >= 0.3 is 0 Å². The summed E-state index contributed by atoms with van der Waals surface area (Å²) < 4.78 is 2.27. The Balaban J connectivity index is 1.66. The Hall–Kier alpha value is -1.32. The summed E-state index contributed by atoms with van der Waals surface area (Å²) in [6, 6.07) is 9.05. The normalized spacial score (nSPS) is 23.3. The van der Waals surface area contributed by atoms with E-state index in [4.69, 9.17) is 0 Å². The number of aliphatic hydroxyl groups is 1. The van der Waals surface area contributed by atoms with Crippen molar-refractivity contribution < 1.29 is 5.11 Å². The topological polar surface area (TPSA) is 37.2 Å². The van der Waals surface area contributed by atoms with Gasteiger partial charge in [0, 0.05) is 29.2 Å². The number of benzene rings is 1. The molecule has 0 amide bonds. The summed E-state index contributed by atoms with van der Waals surface area (Å²) in [6.45, 7) is 7.99. The van der Waals surface area contributed by atoms with E-state index < -0.39 is 0 Å². The summed E-state index contributed by atoms with van der Waals surface area (Å²) in [5.74, 6) is 0.729. The lowest BCUT2D eigenvalue weighted by Crippen LogP contribution is -2.42. The number of hydrogen-bond acceptors (Lipinski definition) is 2. The molecule has 0 unspecified atom stereocenters. The molecule has 1 saturated carbocycles. The first-order valence-corrected chi connectivity index (χ1v) is 9.03. The molecule has 0 spiro atoms. The average Bonchev–Trinajstić information content (AvgIpc) is 2.80. The zero-order valence-corrected chi connectivity index (χ0v) is 14.7. The lowest BCUT2D eigenvalue weighted by Gasteiger charge is -2.30. The van der Waals surface area contributed by atoms with Crippen LogP contribution in [0.5, 0.6) is 0 Å². The number of aromatic nitrogens is 1. The number of aliphatic hydroxyl groups excluding tert-OH is 1. The van der Waals surface area contributed by atoms with E-state index in [0.717, 1.165) is 5.92 Å². The van der Waals surface area contributed by atoms with Crippen molar-refractivity contribution >= 4 is 10.9 Å². The monoisotopic (exact) mass is 314 g/mol. The highest BCUT2D eigenvalue weighted by Gasteiger charge is 2.22. The number of hydrogen-bond donors (Lipinski definition) is 2. The highest BCUT2D eigenvalue weighted by Crippen LogP contribution is 2.26. The maximum atomic E-state index is 10.5. The Bertz CT molecular complexity index is 661. The van der Waals surface area contributed by atoms with Crippen LogP contribution in [0, 0.1) is 19.8 Å². The third-order valence-corrected chi connectivity index (χ3v) is 5.67. The van der Waals surface area contributed by atoms with E-state index >= 15 is 0 Å². The van der Waals surface area contributed by atoms with Crippen LogP contribution in [-0.4, -0.2) is 28.4 Å². The van der Waals surface area contributed by atoms with E-state index in [0.29, 0.717) is 19.1 Å². The fourth-order valence-electron chi connectivity index (χ4n) is 4.02. The molecule has 1 heterocycles. The molecule has 3 rings (SSSR count). The molecule has 126 valence electrons. The lowest BCUT2D eigenvalue weighted by molar-refractivity contribution is 0.139. The molecule has 0 aliphatic heterocycles. The van der Waals surface area contributed by atoms with E-state index in [1.165, 1.54) is 47.8 Å². The number of para-hydroxylation sites is 1. The smallest absolute Gasteiger partial charge is 0.0843 e. The van der Waals surface area contributed by atoms with Gasteiger partial charge in [0.15, 0.2) is 0 Å². The van der Waals surface area contributed by atoms with Crippen LogP contribution in [0.1, 0.15) is 43.9 Å². The molecule has 0 radical (unpaired) electrons. The number of nitrogens with one attached hydrogen (secondary N) is 1. The standard InChI is InChI=1S/C20H30N2O/c1-14-8-4-6-10-19(14)21-12-17(23)13-22-16(3)15(2)18-9-5-7-11-20(18)22/h5,7,9,11,14,17,19,21,23H,4,6,8,10,12-13H2,1-3H3/t14-,17+,19+/m0/s1. The first-order chi connectivity index (χ1) is 11.1. The maximum absolute atomic E-state index is 10.5. The van der Waals surface area contributed by atoms with Gasteiger partial charge in [-0.25, -0.2) is 0 Å². The second-order valence-electron chi connectivity index (χ2n) is 7.27. The molecule has 1 aliphatic carbocycles. The molecular formula is C20H30N2O. The molecule has 2 aromatic rings. The fraction of sp³-hybridized carbons (Fsp3) is 0.600. The predicted octanol–water partition coefficient (Wildman–Crippen LogP) is 3.79. The minimum atomic E-state index is -0.349. The zero-order valence-electron chi connectivity index (χ0n) is 14.7. The molecule has 0 saturated heterocycles. The largest absolute Gasteiger partial charge is 0.390 e. The van der Waals surface area contributed by atoms with Crippen molar-refractivity contribution in [2.75, 3.05) is 6.54 Å². The summed E-state index contributed by atoms with van der Waals surface area (Å²) in [6.07, 6.45) is 4.89. The predicted molar refractivity (Wildman–Crippen MR) is 96.8 cm³/mol. The summed E-state index contributed by atoms with van der Waals surface area (Å²) in [4.78, 5) is 0. The van der Waals surface area contributed by atoms with E-state index in [9.17, 15) is 5.11 Å². The van der Waals surface area contributed by atoms with Gasteiger partial charge in [0.05, 0.1) is 12.6 Å². The molecule has 3 heteroatoms. The minimum Gasteiger partial charge on any atom is -0.390 e. The SMILES string of the molecule is Cc1c(C)n(C[C@H](O)CN[C@@H]2CCCC[C@@H]2C)c2ccccc12. The first kappa shape index (κ1) is 16.5. The van der Waals surface area contributed by atoms with Crippen LogP contribution in [0.4, 0.5) is 0 Å². The third kappa shape index (κ3) is 3.46.